The predicted octanol–water partition coefficient (Wildman–Crippen LogP) is 3.38. The fourth-order valence-corrected chi connectivity index (χ4v) is 4.06. The Morgan fingerprint density at radius 3 is 2.41 bits per heavy atom. The van der Waals surface area contributed by atoms with E-state index in [0.29, 0.717) is 19.7 Å². The van der Waals surface area contributed by atoms with Crippen LogP contribution >= 0.6 is 0 Å². The van der Waals surface area contributed by atoms with Crippen molar-refractivity contribution in [1.29, 1.82) is 0 Å². The lowest BCUT2D eigenvalue weighted by Gasteiger charge is -2.21. The number of hydrogen-bond acceptors (Lipinski definition) is 5. The molecule has 1 aromatic heterocycles. The number of carbonyl (C=O) groups is 1. The number of hydrogen-bond donors (Lipinski definition) is 1. The Labute approximate surface area is 189 Å². The summed E-state index contributed by atoms with van der Waals surface area (Å²) < 4.78 is 32.7. The Morgan fingerprint density at radius 2 is 1.75 bits per heavy atom. The van der Waals surface area contributed by atoms with Gasteiger partial charge in [0.25, 0.3) is 0 Å². The maximum absolute atomic E-state index is 12.6. The Morgan fingerprint density at radius 1 is 1.00 bits per heavy atom. The molecule has 1 amide bonds. The minimum atomic E-state index is -3.67. The van der Waals surface area contributed by atoms with E-state index in [0.717, 1.165) is 16.9 Å². The van der Waals surface area contributed by atoms with Gasteiger partial charge >= 0.3 is 0 Å². The van der Waals surface area contributed by atoms with Crippen LogP contribution in [0.1, 0.15) is 24.5 Å². The lowest BCUT2D eigenvalue weighted by molar-refractivity contribution is -0.131. The maximum atomic E-state index is 12.6. The monoisotopic (exact) mass is 453 g/mol. The van der Waals surface area contributed by atoms with E-state index in [4.69, 9.17) is 4.74 Å². The van der Waals surface area contributed by atoms with Crippen LogP contribution < -0.4 is 9.46 Å². The molecule has 0 aliphatic carbocycles. The molecule has 1 N–H and O–H groups in total. The van der Waals surface area contributed by atoms with Gasteiger partial charge in [0.1, 0.15) is 17.3 Å². The Bertz CT molecular complexity index is 1090. The van der Waals surface area contributed by atoms with E-state index in [1.54, 1.807) is 11.0 Å². The number of sulfonamides is 1. The van der Waals surface area contributed by atoms with Gasteiger partial charge in [0.2, 0.25) is 15.9 Å². The lowest BCUT2D eigenvalue weighted by Crippen LogP contribution is -2.34. The SMILES string of the molecule is CCN(Cc1ccc(OCc2ccccc2)cc1)C(=O)CCNS(=O)(=O)c1cccnc1. The number of nitrogens with one attached hydrogen (secondary N) is 1. The molecule has 3 rings (SSSR count). The highest BCUT2D eigenvalue weighted by Crippen LogP contribution is 2.16. The number of amides is 1. The smallest absolute Gasteiger partial charge is 0.242 e. The van der Waals surface area contributed by atoms with Gasteiger partial charge in [-0.2, -0.15) is 0 Å². The van der Waals surface area contributed by atoms with Crippen molar-refractivity contribution in [2.24, 2.45) is 0 Å². The summed E-state index contributed by atoms with van der Waals surface area (Å²) in [4.78, 5) is 18.2. The lowest BCUT2D eigenvalue weighted by atomic mass is 10.2. The minimum Gasteiger partial charge on any atom is -0.489 e. The van der Waals surface area contributed by atoms with Crippen molar-refractivity contribution in [3.05, 3.63) is 90.3 Å². The highest BCUT2D eigenvalue weighted by molar-refractivity contribution is 7.89. The van der Waals surface area contributed by atoms with E-state index in [9.17, 15) is 13.2 Å². The van der Waals surface area contributed by atoms with Crippen LogP contribution in [0.3, 0.4) is 0 Å². The van der Waals surface area contributed by atoms with Gasteiger partial charge in [-0.3, -0.25) is 9.78 Å². The van der Waals surface area contributed by atoms with E-state index in [2.05, 4.69) is 9.71 Å². The van der Waals surface area contributed by atoms with Gasteiger partial charge < -0.3 is 9.64 Å². The average Bonchev–Trinajstić information content (AvgIpc) is 2.83. The first-order chi connectivity index (χ1) is 15.5. The molecule has 0 bridgehead atoms. The van der Waals surface area contributed by atoms with Gasteiger partial charge in [0.15, 0.2) is 0 Å². The number of ether oxygens (including phenoxy) is 1. The summed E-state index contributed by atoms with van der Waals surface area (Å²) in [5, 5.41) is 0. The third-order valence-corrected chi connectivity index (χ3v) is 6.30. The Balaban J connectivity index is 1.48. The van der Waals surface area contributed by atoms with Crippen molar-refractivity contribution >= 4 is 15.9 Å². The zero-order valence-electron chi connectivity index (χ0n) is 18.0. The average molecular weight is 454 g/mol. The topological polar surface area (TPSA) is 88.6 Å². The normalized spacial score (nSPS) is 11.2. The summed E-state index contributed by atoms with van der Waals surface area (Å²) in [5.41, 5.74) is 2.07. The van der Waals surface area contributed by atoms with Gasteiger partial charge in [-0.05, 0) is 42.3 Å². The third-order valence-electron chi connectivity index (χ3n) is 4.86. The first kappa shape index (κ1) is 23.4. The molecule has 0 aliphatic rings. The zero-order valence-corrected chi connectivity index (χ0v) is 18.8. The van der Waals surface area contributed by atoms with Gasteiger partial charge in [-0.15, -0.1) is 0 Å². The molecular weight excluding hydrogens is 426 g/mol. The summed E-state index contributed by atoms with van der Waals surface area (Å²) >= 11 is 0. The standard InChI is InChI=1S/C24H27N3O4S/c1-2-27(24(28)14-16-26-32(29,30)23-9-6-15-25-17-23)18-20-10-12-22(13-11-20)31-19-21-7-4-3-5-8-21/h3-13,15,17,26H,2,14,16,18-19H2,1H3. The Hall–Kier alpha value is -3.23. The van der Waals surface area contributed by atoms with E-state index in [-0.39, 0.29) is 23.8 Å². The largest absolute Gasteiger partial charge is 0.489 e. The fourth-order valence-electron chi connectivity index (χ4n) is 3.07. The van der Waals surface area contributed by atoms with E-state index in [1.807, 2.05) is 61.5 Å². The molecule has 0 atom stereocenters. The summed E-state index contributed by atoms with van der Waals surface area (Å²) in [6.07, 6.45) is 2.85. The van der Waals surface area contributed by atoms with Crippen LogP contribution in [0, 0.1) is 0 Å². The van der Waals surface area contributed by atoms with Crippen LogP contribution in [0.15, 0.2) is 84.0 Å². The highest BCUT2D eigenvalue weighted by Gasteiger charge is 2.16. The predicted molar refractivity (Wildman–Crippen MR) is 122 cm³/mol. The van der Waals surface area contributed by atoms with E-state index >= 15 is 0 Å². The van der Waals surface area contributed by atoms with Crippen molar-refractivity contribution in [2.75, 3.05) is 13.1 Å². The quantitative estimate of drug-likeness (QED) is 0.481. The number of pyridine rings is 1. The zero-order chi connectivity index (χ0) is 22.8. The number of nitrogens with zero attached hydrogens (tertiary/aromatic N) is 2. The molecule has 0 radical (unpaired) electrons. The van der Waals surface area contributed by atoms with Crippen molar-refractivity contribution in [1.82, 2.24) is 14.6 Å². The number of rotatable bonds is 11. The second kappa shape index (κ2) is 11.4. The van der Waals surface area contributed by atoms with Gasteiger partial charge in [-0.25, -0.2) is 13.1 Å². The van der Waals surface area contributed by atoms with Crippen molar-refractivity contribution in [3.63, 3.8) is 0 Å². The molecular formula is C24H27N3O4S. The summed E-state index contributed by atoms with van der Waals surface area (Å²) in [5.74, 6) is 0.641. The van der Waals surface area contributed by atoms with Crippen molar-refractivity contribution in [2.45, 2.75) is 31.4 Å². The molecule has 0 unspecified atom stereocenters. The van der Waals surface area contributed by atoms with Crippen LogP contribution in [-0.4, -0.2) is 37.3 Å². The molecule has 1 heterocycles. The van der Waals surface area contributed by atoms with Crippen LogP contribution in [0.4, 0.5) is 0 Å². The summed E-state index contributed by atoms with van der Waals surface area (Å²) in [7, 11) is -3.67. The molecule has 0 spiro atoms. The Kier molecular flexibility index (Phi) is 8.35. The second-order valence-corrected chi connectivity index (χ2v) is 8.93. The van der Waals surface area contributed by atoms with E-state index in [1.165, 1.54) is 18.5 Å². The molecule has 168 valence electrons. The molecule has 0 saturated heterocycles. The van der Waals surface area contributed by atoms with Gasteiger partial charge in [-0.1, -0.05) is 42.5 Å². The molecule has 0 aliphatic heterocycles. The van der Waals surface area contributed by atoms with Crippen molar-refractivity contribution < 1.29 is 17.9 Å². The first-order valence-electron chi connectivity index (χ1n) is 10.4. The molecule has 0 saturated carbocycles. The van der Waals surface area contributed by atoms with Crippen LogP contribution in [-0.2, 0) is 28.0 Å². The summed E-state index contributed by atoms with van der Waals surface area (Å²) in [6.45, 7) is 3.40. The summed E-state index contributed by atoms with van der Waals surface area (Å²) in [6, 6.07) is 20.6. The second-order valence-electron chi connectivity index (χ2n) is 7.16. The van der Waals surface area contributed by atoms with Crippen LogP contribution in [0.2, 0.25) is 0 Å². The third kappa shape index (κ3) is 6.90. The van der Waals surface area contributed by atoms with E-state index < -0.39 is 10.0 Å². The minimum absolute atomic E-state index is 0.0266. The first-order valence-corrected chi connectivity index (χ1v) is 11.9. The molecule has 0 fully saturated rings. The van der Waals surface area contributed by atoms with Gasteiger partial charge in [0, 0.05) is 38.4 Å². The number of carbonyl (C=O) groups excluding carboxylic acids is 1. The highest BCUT2D eigenvalue weighted by atomic mass is 32.2. The maximum Gasteiger partial charge on any atom is 0.242 e. The number of aromatic nitrogens is 1. The van der Waals surface area contributed by atoms with Crippen molar-refractivity contribution in [3.8, 4) is 5.75 Å². The number of benzene rings is 2. The molecule has 32 heavy (non-hydrogen) atoms. The fraction of sp³-hybridized carbons (Fsp3) is 0.250. The molecule has 8 heteroatoms. The van der Waals surface area contributed by atoms with Gasteiger partial charge in [0.05, 0.1) is 0 Å². The van der Waals surface area contributed by atoms with Crippen LogP contribution in [0.5, 0.6) is 5.75 Å². The molecule has 3 aromatic rings. The van der Waals surface area contributed by atoms with Crippen LogP contribution in [0.25, 0.3) is 0 Å². The molecule has 2 aromatic carbocycles. The molecule has 7 nitrogen and oxygen atoms in total.